The monoisotopic (exact) mass is 448 g/mol. The second-order valence-electron chi connectivity index (χ2n) is 7.46. The van der Waals surface area contributed by atoms with Crippen molar-refractivity contribution in [3.8, 4) is 11.5 Å². The summed E-state index contributed by atoms with van der Waals surface area (Å²) in [5, 5.41) is 2.24. The Labute approximate surface area is 187 Å². The summed E-state index contributed by atoms with van der Waals surface area (Å²) >= 11 is 0. The first-order valence-corrected chi connectivity index (χ1v) is 10.6. The number of carbonyl (C=O) groups is 2. The standard InChI is InChI=1S/C24H30F2N2O4/c1-5-12-28(13-6-2)23(30)27-22(29)18-14-21(32-16-17-10-8-7-9-11-17)20(31-4)15-19(18)24(3,25)26/h7-11,14-15H,5-6,12-13,16H2,1-4H3,(H,27,29,30). The topological polar surface area (TPSA) is 67.9 Å². The molecule has 0 saturated heterocycles. The first-order valence-electron chi connectivity index (χ1n) is 10.6. The molecule has 0 heterocycles. The van der Waals surface area contributed by atoms with Crippen molar-refractivity contribution in [1.82, 2.24) is 10.2 Å². The second-order valence-corrected chi connectivity index (χ2v) is 7.46. The van der Waals surface area contributed by atoms with Gasteiger partial charge in [-0.2, -0.15) is 0 Å². The molecule has 32 heavy (non-hydrogen) atoms. The zero-order valence-corrected chi connectivity index (χ0v) is 18.9. The highest BCUT2D eigenvalue weighted by molar-refractivity contribution is 6.05. The Morgan fingerprint density at radius 3 is 2.19 bits per heavy atom. The van der Waals surface area contributed by atoms with Crippen LogP contribution >= 0.6 is 0 Å². The van der Waals surface area contributed by atoms with Crippen LogP contribution in [0.5, 0.6) is 11.5 Å². The highest BCUT2D eigenvalue weighted by atomic mass is 19.3. The van der Waals surface area contributed by atoms with Gasteiger partial charge in [0.05, 0.1) is 12.7 Å². The summed E-state index contributed by atoms with van der Waals surface area (Å²) < 4.78 is 39.7. The third-order valence-corrected chi connectivity index (χ3v) is 4.75. The number of methoxy groups -OCH3 is 1. The van der Waals surface area contributed by atoms with E-state index in [0.717, 1.165) is 11.6 Å². The molecule has 0 unspecified atom stereocenters. The first-order chi connectivity index (χ1) is 15.2. The largest absolute Gasteiger partial charge is 0.493 e. The van der Waals surface area contributed by atoms with Crippen LogP contribution in [-0.4, -0.2) is 37.0 Å². The molecule has 2 rings (SSSR count). The molecule has 0 aromatic heterocycles. The lowest BCUT2D eigenvalue weighted by molar-refractivity contribution is 0.0160. The smallest absolute Gasteiger partial charge is 0.324 e. The van der Waals surface area contributed by atoms with Crippen LogP contribution in [0, 0.1) is 0 Å². The van der Waals surface area contributed by atoms with E-state index >= 15 is 0 Å². The maximum absolute atomic E-state index is 14.3. The maximum atomic E-state index is 14.3. The normalized spacial score (nSPS) is 11.1. The number of carbonyl (C=O) groups excluding carboxylic acids is 2. The molecule has 8 heteroatoms. The Kier molecular flexibility index (Phi) is 8.99. The first kappa shape index (κ1) is 25.1. The lowest BCUT2D eigenvalue weighted by Gasteiger charge is -2.23. The third kappa shape index (κ3) is 6.67. The number of alkyl halides is 2. The number of hydrogen-bond acceptors (Lipinski definition) is 4. The molecule has 2 aromatic carbocycles. The van der Waals surface area contributed by atoms with E-state index in [9.17, 15) is 18.4 Å². The number of nitrogens with one attached hydrogen (secondary N) is 1. The molecule has 0 bridgehead atoms. The van der Waals surface area contributed by atoms with Crippen LogP contribution in [-0.2, 0) is 12.5 Å². The molecule has 6 nitrogen and oxygen atoms in total. The van der Waals surface area contributed by atoms with Crippen molar-refractivity contribution < 1.29 is 27.8 Å². The minimum atomic E-state index is -3.34. The summed E-state index contributed by atoms with van der Waals surface area (Å²) in [5.74, 6) is -4.07. The van der Waals surface area contributed by atoms with Gasteiger partial charge in [0.1, 0.15) is 6.61 Å². The number of rotatable bonds is 10. The molecule has 0 atom stereocenters. The van der Waals surface area contributed by atoms with Gasteiger partial charge < -0.3 is 14.4 Å². The van der Waals surface area contributed by atoms with Crippen molar-refractivity contribution in [1.29, 1.82) is 0 Å². The highest BCUT2D eigenvalue weighted by Crippen LogP contribution is 2.38. The molecule has 0 radical (unpaired) electrons. The zero-order valence-electron chi connectivity index (χ0n) is 18.9. The number of ether oxygens (including phenoxy) is 2. The average molecular weight is 449 g/mol. The van der Waals surface area contributed by atoms with Crippen LogP contribution in [0.1, 0.15) is 55.1 Å². The van der Waals surface area contributed by atoms with Gasteiger partial charge in [-0.1, -0.05) is 44.2 Å². The predicted molar refractivity (Wildman–Crippen MR) is 118 cm³/mol. The number of urea groups is 1. The van der Waals surface area contributed by atoms with E-state index in [1.807, 2.05) is 44.2 Å². The Morgan fingerprint density at radius 1 is 1.03 bits per heavy atom. The number of imide groups is 1. The Hall–Kier alpha value is -3.16. The number of hydrogen-bond donors (Lipinski definition) is 1. The van der Waals surface area contributed by atoms with Gasteiger partial charge in [0.15, 0.2) is 11.5 Å². The molecule has 174 valence electrons. The summed E-state index contributed by atoms with van der Waals surface area (Å²) in [4.78, 5) is 26.9. The molecule has 0 saturated carbocycles. The van der Waals surface area contributed by atoms with E-state index in [2.05, 4.69) is 5.32 Å². The summed E-state index contributed by atoms with van der Waals surface area (Å²) in [7, 11) is 1.33. The Balaban J connectivity index is 2.37. The molecular formula is C24H30F2N2O4. The van der Waals surface area contributed by atoms with Crippen LogP contribution in [0.15, 0.2) is 42.5 Å². The lowest BCUT2D eigenvalue weighted by atomic mass is 10.0. The SMILES string of the molecule is CCCN(CCC)C(=O)NC(=O)c1cc(OCc2ccccc2)c(OC)cc1C(C)(F)F. The van der Waals surface area contributed by atoms with Gasteiger partial charge in [-0.25, -0.2) is 13.6 Å². The molecule has 2 aromatic rings. The van der Waals surface area contributed by atoms with Crippen LogP contribution in [0.3, 0.4) is 0 Å². The molecule has 0 spiro atoms. The number of amides is 3. The molecule has 1 N–H and O–H groups in total. The van der Waals surface area contributed by atoms with Gasteiger partial charge in [0.2, 0.25) is 0 Å². The van der Waals surface area contributed by atoms with Crippen LogP contribution < -0.4 is 14.8 Å². The summed E-state index contributed by atoms with van der Waals surface area (Å²) in [6, 6.07) is 10.9. The Morgan fingerprint density at radius 2 is 1.66 bits per heavy atom. The van der Waals surface area contributed by atoms with E-state index in [1.54, 1.807) is 0 Å². The van der Waals surface area contributed by atoms with Crippen LogP contribution in [0.4, 0.5) is 13.6 Å². The molecular weight excluding hydrogens is 418 g/mol. The van der Waals surface area contributed by atoms with Crippen molar-refractivity contribution >= 4 is 11.9 Å². The van der Waals surface area contributed by atoms with E-state index < -0.39 is 23.4 Å². The third-order valence-electron chi connectivity index (χ3n) is 4.75. The minimum absolute atomic E-state index is 0.0684. The summed E-state index contributed by atoms with van der Waals surface area (Å²) in [6.07, 6.45) is 1.42. The van der Waals surface area contributed by atoms with Gasteiger partial charge in [-0.15, -0.1) is 0 Å². The van der Waals surface area contributed by atoms with Crippen LogP contribution in [0.2, 0.25) is 0 Å². The van der Waals surface area contributed by atoms with Gasteiger partial charge in [0, 0.05) is 25.6 Å². The fourth-order valence-electron chi connectivity index (χ4n) is 3.22. The number of nitrogens with zero attached hydrogens (tertiary/aromatic N) is 1. The highest BCUT2D eigenvalue weighted by Gasteiger charge is 2.33. The van der Waals surface area contributed by atoms with Crippen molar-refractivity contribution in [3.05, 3.63) is 59.2 Å². The molecule has 0 aliphatic heterocycles. The minimum Gasteiger partial charge on any atom is -0.493 e. The molecule has 0 aliphatic rings. The fraction of sp³-hybridized carbons (Fsp3) is 0.417. The van der Waals surface area contributed by atoms with Crippen LogP contribution in [0.25, 0.3) is 0 Å². The fourth-order valence-corrected chi connectivity index (χ4v) is 3.22. The molecule has 0 fully saturated rings. The van der Waals surface area contributed by atoms with Crippen molar-refractivity contribution in [2.75, 3.05) is 20.2 Å². The van der Waals surface area contributed by atoms with E-state index in [4.69, 9.17) is 9.47 Å². The predicted octanol–water partition coefficient (Wildman–Crippen LogP) is 5.36. The average Bonchev–Trinajstić information content (AvgIpc) is 2.76. The number of benzene rings is 2. The summed E-state index contributed by atoms with van der Waals surface area (Å²) in [5.41, 5.74) is -0.0395. The Bertz CT molecular complexity index is 908. The molecule has 3 amide bonds. The van der Waals surface area contributed by atoms with E-state index in [-0.39, 0.29) is 23.7 Å². The second kappa shape index (κ2) is 11.5. The van der Waals surface area contributed by atoms with Gasteiger partial charge >= 0.3 is 6.03 Å². The van der Waals surface area contributed by atoms with Gasteiger partial charge in [0.25, 0.3) is 11.8 Å². The van der Waals surface area contributed by atoms with E-state index in [1.165, 1.54) is 18.1 Å². The van der Waals surface area contributed by atoms with Crippen molar-refractivity contribution in [3.63, 3.8) is 0 Å². The lowest BCUT2D eigenvalue weighted by Crippen LogP contribution is -2.44. The van der Waals surface area contributed by atoms with Crippen molar-refractivity contribution in [2.24, 2.45) is 0 Å². The number of halogens is 2. The maximum Gasteiger partial charge on any atom is 0.324 e. The quantitative estimate of drug-likeness (QED) is 0.532. The zero-order chi connectivity index (χ0) is 23.7. The molecule has 0 aliphatic carbocycles. The van der Waals surface area contributed by atoms with Gasteiger partial charge in [-0.3, -0.25) is 10.1 Å². The summed E-state index contributed by atoms with van der Waals surface area (Å²) in [6.45, 7) is 5.57. The van der Waals surface area contributed by atoms with Crippen molar-refractivity contribution in [2.45, 2.75) is 46.1 Å². The van der Waals surface area contributed by atoms with Gasteiger partial charge in [-0.05, 0) is 30.5 Å². The van der Waals surface area contributed by atoms with E-state index in [0.29, 0.717) is 32.9 Å².